The van der Waals surface area contributed by atoms with Gasteiger partial charge in [-0.05, 0) is 19.3 Å². The summed E-state index contributed by atoms with van der Waals surface area (Å²) in [6, 6.07) is 0. The maximum atomic E-state index is 4.19. The van der Waals surface area contributed by atoms with Gasteiger partial charge in [0, 0.05) is 12.8 Å². The first-order chi connectivity index (χ1) is 4.85. The normalized spacial score (nSPS) is 12.1. The van der Waals surface area contributed by atoms with Gasteiger partial charge in [0.25, 0.3) is 0 Å². The largest absolute Gasteiger partial charge is 0.297 e. The molecular weight excluding hydrogens is 122 g/mol. The van der Waals surface area contributed by atoms with Crippen molar-refractivity contribution in [1.82, 2.24) is 0 Å². The number of aliphatic imine (C=N–C) groups is 1. The fourth-order valence-corrected chi connectivity index (χ4v) is 1.03. The lowest BCUT2D eigenvalue weighted by Crippen LogP contribution is -1.94. The van der Waals surface area contributed by atoms with Crippen molar-refractivity contribution in [3.05, 3.63) is 0 Å². The Morgan fingerprint density at radius 2 is 1.90 bits per heavy atom. The van der Waals surface area contributed by atoms with Crippen LogP contribution in [0.3, 0.4) is 0 Å². The Morgan fingerprint density at radius 3 is 2.30 bits per heavy atom. The zero-order valence-electron chi connectivity index (χ0n) is 7.48. The van der Waals surface area contributed by atoms with Crippen LogP contribution >= 0.6 is 0 Å². The van der Waals surface area contributed by atoms with E-state index in [0.717, 1.165) is 6.42 Å². The van der Waals surface area contributed by atoms with E-state index < -0.39 is 0 Å². The highest BCUT2D eigenvalue weighted by Crippen LogP contribution is 2.02. The van der Waals surface area contributed by atoms with E-state index in [1.165, 1.54) is 31.4 Å². The lowest BCUT2D eigenvalue weighted by Gasteiger charge is -1.99. The molecule has 0 saturated heterocycles. The van der Waals surface area contributed by atoms with Crippen molar-refractivity contribution >= 4 is 5.71 Å². The minimum absolute atomic E-state index is 1.13. The van der Waals surface area contributed by atoms with Crippen molar-refractivity contribution in [2.75, 3.05) is 7.05 Å². The van der Waals surface area contributed by atoms with Crippen LogP contribution in [0.25, 0.3) is 0 Å². The topological polar surface area (TPSA) is 12.4 Å². The third-order valence-corrected chi connectivity index (χ3v) is 1.79. The second kappa shape index (κ2) is 6.79. The Bertz CT molecular complexity index is 94.9. The third-order valence-electron chi connectivity index (χ3n) is 1.79. The van der Waals surface area contributed by atoms with Crippen molar-refractivity contribution in [2.24, 2.45) is 4.99 Å². The van der Waals surface area contributed by atoms with Crippen LogP contribution in [0.4, 0.5) is 0 Å². The van der Waals surface area contributed by atoms with Gasteiger partial charge in [-0.2, -0.15) is 0 Å². The maximum absolute atomic E-state index is 4.19. The molecule has 0 spiro atoms. The fraction of sp³-hybridized carbons (Fsp3) is 0.889. The summed E-state index contributed by atoms with van der Waals surface area (Å²) < 4.78 is 0. The zero-order valence-corrected chi connectivity index (χ0v) is 7.48. The molecule has 0 rings (SSSR count). The van der Waals surface area contributed by atoms with Crippen LogP contribution in [0.5, 0.6) is 0 Å². The Labute approximate surface area is 64.6 Å². The molecule has 10 heavy (non-hydrogen) atoms. The summed E-state index contributed by atoms with van der Waals surface area (Å²) in [6.07, 6.45) is 6.30. The standard InChI is InChI=1S/C9H19N/c1-4-6-7-8-9(5-2)10-3/h4-8H2,1-3H3. The van der Waals surface area contributed by atoms with E-state index in [0.29, 0.717) is 0 Å². The van der Waals surface area contributed by atoms with Crippen LogP contribution < -0.4 is 0 Å². The average molecular weight is 141 g/mol. The second-order valence-electron chi connectivity index (χ2n) is 2.60. The molecule has 60 valence electrons. The molecule has 0 aliphatic rings. The number of nitrogens with zero attached hydrogens (tertiary/aromatic N) is 1. The van der Waals surface area contributed by atoms with Gasteiger partial charge in [0.1, 0.15) is 0 Å². The smallest absolute Gasteiger partial charge is 0.0276 e. The summed E-state index contributed by atoms with van der Waals surface area (Å²) in [5, 5.41) is 0. The van der Waals surface area contributed by atoms with Crippen LogP contribution in [0.2, 0.25) is 0 Å². The highest BCUT2D eigenvalue weighted by Gasteiger charge is 1.92. The van der Waals surface area contributed by atoms with E-state index in [1.807, 2.05) is 7.05 Å². The van der Waals surface area contributed by atoms with Crippen LogP contribution in [0, 0.1) is 0 Å². The first-order valence-corrected chi connectivity index (χ1v) is 4.29. The molecule has 0 radical (unpaired) electrons. The molecular formula is C9H19N. The van der Waals surface area contributed by atoms with Gasteiger partial charge in [-0.3, -0.25) is 4.99 Å². The van der Waals surface area contributed by atoms with Crippen molar-refractivity contribution in [3.8, 4) is 0 Å². The summed E-state index contributed by atoms with van der Waals surface area (Å²) in [6.45, 7) is 4.41. The van der Waals surface area contributed by atoms with Crippen molar-refractivity contribution < 1.29 is 0 Å². The molecule has 0 aliphatic heterocycles. The minimum atomic E-state index is 1.13. The highest BCUT2D eigenvalue weighted by molar-refractivity contribution is 5.83. The third kappa shape index (κ3) is 4.54. The molecule has 0 unspecified atom stereocenters. The van der Waals surface area contributed by atoms with Crippen LogP contribution in [0.15, 0.2) is 4.99 Å². The molecule has 0 bridgehead atoms. The summed E-state index contributed by atoms with van der Waals surface area (Å²) in [4.78, 5) is 4.19. The SMILES string of the molecule is CCCCCC(CC)=NC. The van der Waals surface area contributed by atoms with Gasteiger partial charge in [-0.15, -0.1) is 0 Å². The molecule has 0 aliphatic carbocycles. The first-order valence-electron chi connectivity index (χ1n) is 4.29. The van der Waals surface area contributed by atoms with Crippen molar-refractivity contribution in [3.63, 3.8) is 0 Å². The van der Waals surface area contributed by atoms with Gasteiger partial charge < -0.3 is 0 Å². The number of unbranched alkanes of at least 4 members (excludes halogenated alkanes) is 2. The Kier molecular flexibility index (Phi) is 6.56. The quantitative estimate of drug-likeness (QED) is 0.412. The Balaban J connectivity index is 3.27. The highest BCUT2D eigenvalue weighted by atomic mass is 14.7. The van der Waals surface area contributed by atoms with Crippen molar-refractivity contribution in [2.45, 2.75) is 46.0 Å². The molecule has 0 aromatic carbocycles. The minimum Gasteiger partial charge on any atom is -0.297 e. The molecule has 0 atom stereocenters. The Morgan fingerprint density at radius 1 is 1.20 bits per heavy atom. The molecule has 0 saturated carbocycles. The average Bonchev–Trinajstić information content (AvgIpc) is 1.99. The number of rotatable bonds is 5. The first kappa shape index (κ1) is 9.67. The van der Waals surface area contributed by atoms with Gasteiger partial charge in [0.2, 0.25) is 0 Å². The van der Waals surface area contributed by atoms with Gasteiger partial charge in [-0.1, -0.05) is 26.7 Å². The molecule has 1 heteroatoms. The van der Waals surface area contributed by atoms with Gasteiger partial charge >= 0.3 is 0 Å². The van der Waals surface area contributed by atoms with E-state index in [-0.39, 0.29) is 0 Å². The summed E-state index contributed by atoms with van der Waals surface area (Å²) >= 11 is 0. The van der Waals surface area contributed by atoms with E-state index in [9.17, 15) is 0 Å². The number of hydrogen-bond acceptors (Lipinski definition) is 1. The molecule has 0 amide bonds. The van der Waals surface area contributed by atoms with Gasteiger partial charge in [0.05, 0.1) is 0 Å². The lowest BCUT2D eigenvalue weighted by molar-refractivity contribution is 0.737. The summed E-state index contributed by atoms with van der Waals surface area (Å²) in [5.74, 6) is 0. The predicted molar refractivity (Wildman–Crippen MR) is 47.8 cm³/mol. The fourth-order valence-electron chi connectivity index (χ4n) is 1.03. The summed E-state index contributed by atoms with van der Waals surface area (Å²) in [5.41, 5.74) is 1.37. The Hall–Kier alpha value is -0.330. The zero-order chi connectivity index (χ0) is 7.82. The van der Waals surface area contributed by atoms with E-state index in [4.69, 9.17) is 0 Å². The lowest BCUT2D eigenvalue weighted by atomic mass is 10.1. The molecule has 0 N–H and O–H groups in total. The van der Waals surface area contributed by atoms with Gasteiger partial charge in [-0.25, -0.2) is 0 Å². The molecule has 0 fully saturated rings. The maximum Gasteiger partial charge on any atom is 0.0276 e. The van der Waals surface area contributed by atoms with E-state index >= 15 is 0 Å². The van der Waals surface area contributed by atoms with Gasteiger partial charge in [0.15, 0.2) is 0 Å². The molecule has 0 heterocycles. The monoisotopic (exact) mass is 141 g/mol. The molecule has 0 aromatic heterocycles. The van der Waals surface area contributed by atoms with E-state index in [1.54, 1.807) is 0 Å². The van der Waals surface area contributed by atoms with Crippen molar-refractivity contribution in [1.29, 1.82) is 0 Å². The number of hydrogen-bond donors (Lipinski definition) is 0. The molecule has 1 nitrogen and oxygen atoms in total. The van der Waals surface area contributed by atoms with Crippen LogP contribution in [0.1, 0.15) is 46.0 Å². The van der Waals surface area contributed by atoms with Crippen LogP contribution in [-0.4, -0.2) is 12.8 Å². The second-order valence-corrected chi connectivity index (χ2v) is 2.60. The summed E-state index contributed by atoms with van der Waals surface area (Å²) in [7, 11) is 1.89. The predicted octanol–water partition coefficient (Wildman–Crippen LogP) is 3.05. The molecule has 0 aromatic rings. The van der Waals surface area contributed by atoms with Crippen LogP contribution in [-0.2, 0) is 0 Å². The van der Waals surface area contributed by atoms with E-state index in [2.05, 4.69) is 18.8 Å².